The minimum absolute atomic E-state index is 0.00994. The summed E-state index contributed by atoms with van der Waals surface area (Å²) < 4.78 is 23.1. The van der Waals surface area contributed by atoms with Crippen molar-refractivity contribution in [3.8, 4) is 0 Å². The molecule has 7 heteroatoms. The highest BCUT2D eigenvalue weighted by Crippen LogP contribution is 2.27. The fraction of sp³-hybridized carbons (Fsp3) is 0.235. The molecule has 0 spiro atoms. The van der Waals surface area contributed by atoms with Crippen LogP contribution < -0.4 is 10.5 Å². The number of nitrogens with two attached hydrogens (primary N) is 1. The number of carbonyl (C=O) groups excluding carboxylic acids is 1. The second-order valence-corrected chi connectivity index (χ2v) is 8.50. The topological polar surface area (TPSA) is 89.3 Å². The summed E-state index contributed by atoms with van der Waals surface area (Å²) in [6, 6.07) is 12.5. The summed E-state index contributed by atoms with van der Waals surface area (Å²) in [4.78, 5) is 13.4. The molecule has 2 aromatic rings. The van der Waals surface area contributed by atoms with E-state index in [1.54, 1.807) is 13.8 Å². The first-order valence-corrected chi connectivity index (χ1v) is 9.77. The second kappa shape index (κ2) is 7.38. The van der Waals surface area contributed by atoms with Crippen molar-refractivity contribution in [1.29, 1.82) is 0 Å². The minimum atomic E-state index is -3.83. The number of sulfonamides is 1. The van der Waals surface area contributed by atoms with Gasteiger partial charge in [0.2, 0.25) is 15.9 Å². The smallest absolute Gasteiger partial charge is 0.238 e. The Hall–Kier alpha value is -1.83. The summed E-state index contributed by atoms with van der Waals surface area (Å²) in [5.41, 5.74) is 2.03. The average molecular weight is 364 g/mol. The highest BCUT2D eigenvalue weighted by Gasteiger charge is 2.18. The van der Waals surface area contributed by atoms with Gasteiger partial charge in [0, 0.05) is 10.6 Å². The predicted molar refractivity (Wildman–Crippen MR) is 97.7 cm³/mol. The Morgan fingerprint density at radius 3 is 2.38 bits per heavy atom. The number of benzene rings is 2. The van der Waals surface area contributed by atoms with E-state index in [-0.39, 0.29) is 16.1 Å². The molecule has 0 radical (unpaired) electrons. The van der Waals surface area contributed by atoms with Crippen molar-refractivity contribution in [1.82, 2.24) is 0 Å². The molecule has 0 bridgehead atoms. The molecule has 128 valence electrons. The fourth-order valence-corrected chi connectivity index (χ4v) is 3.62. The van der Waals surface area contributed by atoms with E-state index >= 15 is 0 Å². The molecule has 5 nitrogen and oxygen atoms in total. The third-order valence-corrected chi connectivity index (χ3v) is 5.66. The van der Waals surface area contributed by atoms with Crippen LogP contribution in [-0.4, -0.2) is 19.6 Å². The molecule has 2 rings (SSSR count). The maximum Gasteiger partial charge on any atom is 0.238 e. The standard InChI is InChI=1S/C17H20N2O3S2/c1-11-9-15(24(18,21)22)10-16(12(11)2)19-17(20)13(3)23-14-7-5-4-6-8-14/h4-10,13H,1-3H3,(H,19,20)(H2,18,21,22)/t13-/m1/s1. The maximum absolute atomic E-state index is 12.4. The van der Waals surface area contributed by atoms with Crippen LogP contribution in [-0.2, 0) is 14.8 Å². The number of rotatable bonds is 5. The molecule has 0 heterocycles. The molecule has 0 aromatic heterocycles. The van der Waals surface area contributed by atoms with Crippen molar-refractivity contribution in [2.45, 2.75) is 35.8 Å². The SMILES string of the molecule is Cc1cc(S(N)(=O)=O)cc(NC(=O)[C@@H](C)Sc2ccccc2)c1C. The van der Waals surface area contributed by atoms with Crippen LogP contribution in [0.1, 0.15) is 18.1 Å². The van der Waals surface area contributed by atoms with Crippen LogP contribution in [0, 0.1) is 13.8 Å². The molecule has 0 aliphatic rings. The van der Waals surface area contributed by atoms with Gasteiger partial charge in [-0.3, -0.25) is 4.79 Å². The first kappa shape index (κ1) is 18.5. The van der Waals surface area contributed by atoms with Gasteiger partial charge in [0.1, 0.15) is 0 Å². The molecular formula is C17H20N2O3S2. The van der Waals surface area contributed by atoms with Crippen LogP contribution in [0.15, 0.2) is 52.3 Å². The quantitative estimate of drug-likeness (QED) is 0.798. The number of hydrogen-bond acceptors (Lipinski definition) is 4. The van der Waals surface area contributed by atoms with Gasteiger partial charge < -0.3 is 5.32 Å². The monoisotopic (exact) mass is 364 g/mol. The van der Waals surface area contributed by atoms with E-state index in [1.165, 1.54) is 23.9 Å². The van der Waals surface area contributed by atoms with E-state index < -0.39 is 10.0 Å². The lowest BCUT2D eigenvalue weighted by molar-refractivity contribution is -0.115. The van der Waals surface area contributed by atoms with Gasteiger partial charge in [0.25, 0.3) is 0 Å². The van der Waals surface area contributed by atoms with Gasteiger partial charge in [-0.1, -0.05) is 18.2 Å². The highest BCUT2D eigenvalue weighted by molar-refractivity contribution is 8.00. The molecule has 0 aliphatic carbocycles. The second-order valence-electron chi connectivity index (χ2n) is 5.52. The van der Waals surface area contributed by atoms with Crippen molar-refractivity contribution in [3.05, 3.63) is 53.6 Å². The third-order valence-electron chi connectivity index (χ3n) is 3.65. The van der Waals surface area contributed by atoms with Gasteiger partial charge in [-0.2, -0.15) is 0 Å². The molecule has 2 aromatic carbocycles. The van der Waals surface area contributed by atoms with E-state index in [4.69, 9.17) is 5.14 Å². The Kier molecular flexibility index (Phi) is 5.69. The van der Waals surface area contributed by atoms with Gasteiger partial charge in [0.15, 0.2) is 0 Å². The number of aryl methyl sites for hydroxylation is 1. The number of amides is 1. The Labute approximate surface area is 146 Å². The summed E-state index contributed by atoms with van der Waals surface area (Å²) >= 11 is 1.44. The third kappa shape index (κ3) is 4.59. The molecule has 0 saturated heterocycles. The Morgan fingerprint density at radius 2 is 1.79 bits per heavy atom. The van der Waals surface area contributed by atoms with E-state index in [1.807, 2.05) is 37.3 Å². The van der Waals surface area contributed by atoms with Crippen molar-refractivity contribution >= 4 is 33.4 Å². The highest BCUT2D eigenvalue weighted by atomic mass is 32.2. The minimum Gasteiger partial charge on any atom is -0.325 e. The molecule has 0 saturated carbocycles. The number of nitrogens with one attached hydrogen (secondary N) is 1. The Balaban J connectivity index is 2.21. The summed E-state index contributed by atoms with van der Waals surface area (Å²) in [7, 11) is -3.83. The number of carbonyl (C=O) groups is 1. The molecule has 0 aliphatic heterocycles. The van der Waals surface area contributed by atoms with Crippen LogP contribution >= 0.6 is 11.8 Å². The molecule has 0 unspecified atom stereocenters. The summed E-state index contributed by atoms with van der Waals surface area (Å²) in [5, 5.41) is 7.67. The average Bonchev–Trinajstić information content (AvgIpc) is 2.51. The largest absolute Gasteiger partial charge is 0.325 e. The maximum atomic E-state index is 12.4. The zero-order valence-corrected chi connectivity index (χ0v) is 15.4. The lowest BCUT2D eigenvalue weighted by Crippen LogP contribution is -2.23. The lowest BCUT2D eigenvalue weighted by Gasteiger charge is -2.16. The normalized spacial score (nSPS) is 12.7. The van der Waals surface area contributed by atoms with E-state index in [9.17, 15) is 13.2 Å². The molecule has 3 N–H and O–H groups in total. The van der Waals surface area contributed by atoms with Crippen molar-refractivity contribution < 1.29 is 13.2 Å². The zero-order chi connectivity index (χ0) is 17.9. The van der Waals surface area contributed by atoms with Crippen LogP contribution in [0.3, 0.4) is 0 Å². The predicted octanol–water partition coefficient (Wildman–Crippen LogP) is 3.07. The van der Waals surface area contributed by atoms with Gasteiger partial charge in [-0.05, 0) is 56.2 Å². The molecular weight excluding hydrogens is 344 g/mol. The Morgan fingerprint density at radius 1 is 1.17 bits per heavy atom. The molecule has 0 fully saturated rings. The van der Waals surface area contributed by atoms with Gasteiger partial charge in [-0.15, -0.1) is 11.8 Å². The van der Waals surface area contributed by atoms with Crippen molar-refractivity contribution in [2.24, 2.45) is 5.14 Å². The summed E-state index contributed by atoms with van der Waals surface area (Å²) in [6.07, 6.45) is 0. The Bertz CT molecular complexity index is 850. The van der Waals surface area contributed by atoms with Gasteiger partial charge in [0.05, 0.1) is 10.1 Å². The first-order chi connectivity index (χ1) is 11.2. The number of thioether (sulfide) groups is 1. The van der Waals surface area contributed by atoms with E-state index in [0.717, 1.165) is 16.0 Å². The molecule has 24 heavy (non-hydrogen) atoms. The van der Waals surface area contributed by atoms with Crippen LogP contribution in [0.2, 0.25) is 0 Å². The van der Waals surface area contributed by atoms with Gasteiger partial charge in [-0.25, -0.2) is 13.6 Å². The van der Waals surface area contributed by atoms with Crippen LogP contribution in [0.4, 0.5) is 5.69 Å². The summed E-state index contributed by atoms with van der Waals surface area (Å²) in [5.74, 6) is -0.196. The number of anilines is 1. The van der Waals surface area contributed by atoms with Crippen LogP contribution in [0.25, 0.3) is 0 Å². The first-order valence-electron chi connectivity index (χ1n) is 7.35. The number of hydrogen-bond donors (Lipinski definition) is 2. The lowest BCUT2D eigenvalue weighted by atomic mass is 10.1. The molecule has 1 amide bonds. The van der Waals surface area contributed by atoms with E-state index in [2.05, 4.69) is 5.32 Å². The molecule has 1 atom stereocenters. The van der Waals surface area contributed by atoms with Gasteiger partial charge >= 0.3 is 0 Å². The van der Waals surface area contributed by atoms with E-state index in [0.29, 0.717) is 5.69 Å². The summed E-state index contributed by atoms with van der Waals surface area (Å²) in [6.45, 7) is 5.41. The number of primary sulfonamides is 1. The van der Waals surface area contributed by atoms with Crippen LogP contribution in [0.5, 0.6) is 0 Å². The zero-order valence-electron chi connectivity index (χ0n) is 13.7. The van der Waals surface area contributed by atoms with Crippen molar-refractivity contribution in [3.63, 3.8) is 0 Å². The fourth-order valence-electron chi connectivity index (χ4n) is 2.11. The van der Waals surface area contributed by atoms with Crippen molar-refractivity contribution in [2.75, 3.05) is 5.32 Å².